The molecule has 0 bridgehead atoms. The third kappa shape index (κ3) is 21.2. The van der Waals surface area contributed by atoms with Crippen molar-refractivity contribution in [3.8, 4) is 0 Å². The summed E-state index contributed by atoms with van der Waals surface area (Å²) in [6.45, 7) is 23.7. The zero-order valence-corrected chi connectivity index (χ0v) is 61.5. The van der Waals surface area contributed by atoms with Gasteiger partial charge < -0.3 is 54.9 Å². The van der Waals surface area contributed by atoms with Crippen LogP contribution in [0.25, 0.3) is 0 Å². The van der Waals surface area contributed by atoms with Gasteiger partial charge in [0.25, 0.3) is 29.5 Å². The van der Waals surface area contributed by atoms with Crippen molar-refractivity contribution >= 4 is 52.7 Å². The average molecular weight is 1400 g/mol. The first kappa shape index (κ1) is 75.4. The molecule has 548 valence electrons. The quantitative estimate of drug-likeness (QED) is 0.0367. The Bertz CT molecular complexity index is 3970. The summed E-state index contributed by atoms with van der Waals surface area (Å²) in [5.74, 6) is 4.96. The Hall–Kier alpha value is -9.22. The van der Waals surface area contributed by atoms with Gasteiger partial charge in [0.1, 0.15) is 23.0 Å². The standard InChI is InChI=1S/C25H29N5O3.C20H25N3O3.C19H29N3O3.C14H22N2O2/c1-30-15-20(14-26-30)27-24(31)19-9-5-8-18(12-19)23(17-6-3-2-4-7-17)28-25(32)21-13-22(33-29-21)16-10-11-16;1-12(24)21-15-9-7-14(8-10-15)18(20(2,3)4)22-19(25)16-11-17(26-23-16)13-5-6-13;1-4-15(13-7-9-22(10-8-13)19(24)12(2)3)20-18(23)16-11-17(25-21-16)14-5-6-14;1-5-12(14(2,3)4)15-13(17)10-8-11(18-16-10)9-6-7-9/h5,8-9,12-17,23H,2-4,6-7,10-11H2,1H3,(H,27,31)(H,28,32);7-11,13,18H,5-6H2,1-4H3,(H,21,24)(H,22,25);11-15H,4-10H2,1-3H3,(H,20,23);8-9,12H,5-7H2,1-4H3,(H,15,17). The van der Waals surface area contributed by atoms with Crippen molar-refractivity contribution < 1.29 is 51.7 Å². The van der Waals surface area contributed by atoms with Crippen LogP contribution in [0.3, 0.4) is 0 Å². The van der Waals surface area contributed by atoms with Crippen molar-refractivity contribution in [3.05, 3.63) is 148 Å². The van der Waals surface area contributed by atoms with E-state index in [-0.39, 0.29) is 82.3 Å². The summed E-state index contributed by atoms with van der Waals surface area (Å²) in [7, 11) is 1.80. The number of hydrogen-bond acceptors (Lipinski definition) is 16. The predicted molar refractivity (Wildman–Crippen MR) is 385 cm³/mol. The van der Waals surface area contributed by atoms with Gasteiger partial charge in [0.15, 0.2) is 22.8 Å². The lowest BCUT2D eigenvalue weighted by molar-refractivity contribution is -0.136. The summed E-state index contributed by atoms with van der Waals surface area (Å²) in [6, 6.07) is 22.0. The number of hydrogen-bond donors (Lipinski definition) is 6. The molecule has 5 saturated carbocycles. The normalized spacial score (nSPS) is 17.6. The number of aryl methyl sites for hydroxylation is 1. The molecule has 24 nitrogen and oxygen atoms in total. The van der Waals surface area contributed by atoms with E-state index in [1.165, 1.54) is 13.3 Å². The van der Waals surface area contributed by atoms with Crippen molar-refractivity contribution in [2.45, 2.75) is 233 Å². The van der Waals surface area contributed by atoms with Crippen LogP contribution in [0.15, 0.2) is 103 Å². The third-order valence-corrected chi connectivity index (χ3v) is 20.0. The van der Waals surface area contributed by atoms with E-state index >= 15 is 0 Å². The highest BCUT2D eigenvalue weighted by atomic mass is 16.5. The number of amides is 7. The number of nitrogens with zero attached hydrogens (tertiary/aromatic N) is 7. The van der Waals surface area contributed by atoms with Gasteiger partial charge in [-0.25, -0.2) is 0 Å². The van der Waals surface area contributed by atoms with Crippen LogP contribution in [-0.4, -0.2) is 102 Å². The monoisotopic (exact) mass is 1400 g/mol. The number of carbonyl (C=O) groups excluding carboxylic acids is 7. The molecule has 6 aliphatic rings. The Balaban J connectivity index is 0.000000149. The average Bonchev–Trinajstić information content (AvgIpc) is 1.54. The summed E-state index contributed by atoms with van der Waals surface area (Å²) in [5, 5.41) is 37.9. The Morgan fingerprint density at radius 3 is 1.41 bits per heavy atom. The SMILES string of the molecule is CC(=O)Nc1ccc(C(NC(=O)c2cc(C3CC3)on2)C(C)(C)C)cc1.CCC(NC(=O)c1cc(C2CC2)on1)C(C)(C)C.CCC(NC(=O)c1cc(C2CC2)on1)C1CCN(C(=O)C(C)C)CC1.Cn1cc(NC(=O)c2cccc(C(NC(=O)c3cc(C4CC4)on3)C3CCCCC3)c2)cn1. The van der Waals surface area contributed by atoms with Crippen molar-refractivity contribution in [3.63, 3.8) is 0 Å². The van der Waals surface area contributed by atoms with Gasteiger partial charge in [0.2, 0.25) is 11.8 Å². The molecule has 4 unspecified atom stereocenters. The fourth-order valence-corrected chi connectivity index (χ4v) is 13.4. The molecule has 4 atom stereocenters. The molecule has 102 heavy (non-hydrogen) atoms. The molecule has 7 amide bonds. The van der Waals surface area contributed by atoms with Gasteiger partial charge in [-0.2, -0.15) is 5.10 Å². The third-order valence-electron chi connectivity index (χ3n) is 20.0. The number of piperidine rings is 1. The van der Waals surface area contributed by atoms with Gasteiger partial charge in [0, 0.05) is 110 Å². The van der Waals surface area contributed by atoms with Crippen LogP contribution in [-0.2, 0) is 16.6 Å². The van der Waals surface area contributed by atoms with E-state index in [2.05, 4.69) is 113 Å². The van der Waals surface area contributed by atoms with Crippen LogP contribution in [0.1, 0.15) is 308 Å². The van der Waals surface area contributed by atoms with E-state index in [0.29, 0.717) is 69.5 Å². The highest BCUT2D eigenvalue weighted by Crippen LogP contribution is 2.44. The van der Waals surface area contributed by atoms with Gasteiger partial charge in [-0.15, -0.1) is 0 Å². The zero-order valence-electron chi connectivity index (χ0n) is 61.5. The van der Waals surface area contributed by atoms with Crippen LogP contribution in [0, 0.1) is 28.6 Å². The number of carbonyl (C=O) groups is 7. The number of benzene rings is 2. The molecule has 6 heterocycles. The van der Waals surface area contributed by atoms with E-state index in [1.807, 2.05) is 61.2 Å². The molecule has 0 radical (unpaired) electrons. The molecule has 5 aliphatic carbocycles. The Morgan fingerprint density at radius 2 is 0.990 bits per heavy atom. The fraction of sp³-hybridized carbons (Fsp3) is 0.564. The largest absolute Gasteiger partial charge is 0.360 e. The van der Waals surface area contributed by atoms with Crippen molar-refractivity contribution in [2.24, 2.45) is 35.6 Å². The lowest BCUT2D eigenvalue weighted by Crippen LogP contribution is -2.47. The summed E-state index contributed by atoms with van der Waals surface area (Å²) in [6.07, 6.45) is 21.5. The number of likely N-dealkylation sites (tertiary alicyclic amines) is 1. The molecule has 24 heteroatoms. The Labute approximate surface area is 598 Å². The lowest BCUT2D eigenvalue weighted by Gasteiger charge is -2.36. The molecule has 6 fully saturated rings. The highest BCUT2D eigenvalue weighted by molar-refractivity contribution is 6.04. The van der Waals surface area contributed by atoms with Crippen molar-refractivity contribution in [1.82, 2.24) is 56.6 Å². The van der Waals surface area contributed by atoms with E-state index in [0.717, 1.165) is 156 Å². The minimum Gasteiger partial charge on any atom is -0.360 e. The molecular weight excluding hydrogens is 1290 g/mol. The summed E-state index contributed by atoms with van der Waals surface area (Å²) >= 11 is 0. The molecule has 7 aromatic rings. The van der Waals surface area contributed by atoms with Gasteiger partial charge >= 0.3 is 0 Å². The smallest absolute Gasteiger partial charge is 0.273 e. The van der Waals surface area contributed by atoms with Crippen LogP contribution in [0.5, 0.6) is 0 Å². The molecule has 6 N–H and O–H groups in total. The second-order valence-electron chi connectivity index (χ2n) is 31.1. The molecule has 13 rings (SSSR count). The first-order valence-electron chi connectivity index (χ1n) is 36.9. The fourth-order valence-electron chi connectivity index (χ4n) is 13.4. The van der Waals surface area contributed by atoms with Crippen molar-refractivity contribution in [1.29, 1.82) is 0 Å². The summed E-state index contributed by atoms with van der Waals surface area (Å²) in [4.78, 5) is 88.3. The molecule has 1 saturated heterocycles. The minimum absolute atomic E-state index is 0.0473. The number of anilines is 2. The van der Waals surface area contributed by atoms with E-state index in [9.17, 15) is 33.6 Å². The number of nitrogens with one attached hydrogen (secondary N) is 6. The highest BCUT2D eigenvalue weighted by Gasteiger charge is 2.37. The van der Waals surface area contributed by atoms with E-state index in [4.69, 9.17) is 18.1 Å². The Kier molecular flexibility index (Phi) is 24.9. The van der Waals surface area contributed by atoms with Gasteiger partial charge in [-0.3, -0.25) is 38.2 Å². The minimum atomic E-state index is -0.244. The summed E-state index contributed by atoms with van der Waals surface area (Å²) in [5.41, 5.74) is 5.08. The van der Waals surface area contributed by atoms with Crippen LogP contribution in [0.4, 0.5) is 11.4 Å². The van der Waals surface area contributed by atoms with E-state index < -0.39 is 0 Å². The maximum atomic E-state index is 13.1. The topological polar surface area (TPSA) is 317 Å². The van der Waals surface area contributed by atoms with Crippen molar-refractivity contribution in [2.75, 3.05) is 23.7 Å². The second-order valence-corrected chi connectivity index (χ2v) is 31.1. The number of rotatable bonds is 22. The van der Waals surface area contributed by atoms with Crippen LogP contribution in [0.2, 0.25) is 0 Å². The van der Waals surface area contributed by atoms with Gasteiger partial charge in [0.05, 0.1) is 24.0 Å². The second kappa shape index (κ2) is 33.7. The van der Waals surface area contributed by atoms with Crippen LogP contribution >= 0.6 is 0 Å². The molecule has 0 spiro atoms. The van der Waals surface area contributed by atoms with Gasteiger partial charge in [-0.05, 0) is 148 Å². The molecule has 2 aromatic carbocycles. The predicted octanol–water partition coefficient (Wildman–Crippen LogP) is 14.7. The molecule has 5 aromatic heterocycles. The zero-order chi connectivity index (χ0) is 73.0. The molecule has 1 aliphatic heterocycles. The first-order valence-corrected chi connectivity index (χ1v) is 36.9. The number of aromatic nitrogens is 6. The summed E-state index contributed by atoms with van der Waals surface area (Å²) < 4.78 is 22.8. The maximum absolute atomic E-state index is 13.1. The van der Waals surface area contributed by atoms with Crippen LogP contribution < -0.4 is 31.9 Å². The maximum Gasteiger partial charge on any atom is 0.273 e. The van der Waals surface area contributed by atoms with E-state index in [1.54, 1.807) is 54.5 Å². The molecular formula is C78H105N13O11. The lowest BCUT2D eigenvalue weighted by atomic mass is 9.80. The Morgan fingerprint density at radius 1 is 0.510 bits per heavy atom. The first-order chi connectivity index (χ1) is 48.7. The van der Waals surface area contributed by atoms with Gasteiger partial charge in [-0.1, -0.05) is 133 Å².